The summed E-state index contributed by atoms with van der Waals surface area (Å²) < 4.78 is 0. The third kappa shape index (κ3) is 7.27. The number of likely N-dealkylation sites (N-methyl/N-ethyl adjacent to an activating group) is 1. The van der Waals surface area contributed by atoms with E-state index in [9.17, 15) is 19.2 Å². The zero-order chi connectivity index (χ0) is 19.4. The fourth-order valence-corrected chi connectivity index (χ4v) is 2.31. The molecule has 3 amide bonds. The molecule has 0 aliphatic carbocycles. The average molecular weight is 360 g/mol. The van der Waals surface area contributed by atoms with E-state index in [1.54, 1.807) is 0 Å². The number of rotatable bonds is 10. The highest BCUT2D eigenvalue weighted by atomic mass is 16.2. The second-order valence-electron chi connectivity index (χ2n) is 5.72. The number of unbranched alkanes of at least 4 members (excludes halogenated alkanes) is 2. The number of aliphatic imine (C=N–C) groups is 1. The van der Waals surface area contributed by atoms with Crippen molar-refractivity contribution in [3.8, 4) is 0 Å². The lowest BCUT2D eigenvalue weighted by atomic mass is 10.0. The molecule has 3 N–H and O–H groups in total. The standard InChI is InChI=1S/C18H24N4O4/c1-13-8-5-6-9-14(13)22-18(26)20-11-7-3-4-10-15(21-12-23)16(24)17(25)19-2/h5-6,8-9,15H,3-4,7,10-11H2,1-2H3,(H,19,25)(H2,20,22,26). The number of hydrogen-bond donors (Lipinski definition) is 3. The third-order valence-electron chi connectivity index (χ3n) is 3.80. The largest absolute Gasteiger partial charge is 0.353 e. The molecule has 8 heteroatoms. The molecule has 0 fully saturated rings. The van der Waals surface area contributed by atoms with Gasteiger partial charge in [-0.05, 0) is 31.4 Å². The summed E-state index contributed by atoms with van der Waals surface area (Å²) in [5, 5.41) is 7.75. The number of nitrogens with one attached hydrogen (secondary N) is 3. The van der Waals surface area contributed by atoms with Crippen LogP contribution in [0.5, 0.6) is 0 Å². The predicted molar refractivity (Wildman–Crippen MR) is 97.7 cm³/mol. The van der Waals surface area contributed by atoms with Crippen LogP contribution in [0.25, 0.3) is 0 Å². The first kappa shape index (κ1) is 21.1. The summed E-state index contributed by atoms with van der Waals surface area (Å²) in [6.07, 6.45) is 3.64. The molecule has 1 unspecified atom stereocenters. The average Bonchev–Trinajstić information content (AvgIpc) is 2.64. The minimum atomic E-state index is -0.996. The first-order valence-electron chi connectivity index (χ1n) is 8.43. The highest BCUT2D eigenvalue weighted by Crippen LogP contribution is 2.12. The van der Waals surface area contributed by atoms with Crippen molar-refractivity contribution < 1.29 is 19.2 Å². The van der Waals surface area contributed by atoms with Crippen molar-refractivity contribution in [3.05, 3.63) is 29.8 Å². The van der Waals surface area contributed by atoms with Crippen molar-refractivity contribution in [2.24, 2.45) is 4.99 Å². The van der Waals surface area contributed by atoms with Crippen LogP contribution in [0.3, 0.4) is 0 Å². The number of amides is 3. The monoisotopic (exact) mass is 360 g/mol. The van der Waals surface area contributed by atoms with Gasteiger partial charge in [-0.3, -0.25) is 9.59 Å². The number of isocyanates is 1. The number of ketones is 1. The van der Waals surface area contributed by atoms with E-state index in [4.69, 9.17) is 0 Å². The molecule has 8 nitrogen and oxygen atoms in total. The maximum Gasteiger partial charge on any atom is 0.319 e. The van der Waals surface area contributed by atoms with Gasteiger partial charge in [0.15, 0.2) is 0 Å². The van der Waals surface area contributed by atoms with Gasteiger partial charge in [-0.15, -0.1) is 0 Å². The van der Waals surface area contributed by atoms with Gasteiger partial charge in [-0.1, -0.05) is 31.0 Å². The van der Waals surface area contributed by atoms with Gasteiger partial charge in [0.2, 0.25) is 11.9 Å². The maximum atomic E-state index is 11.8. The predicted octanol–water partition coefficient (Wildman–Crippen LogP) is 1.70. The zero-order valence-corrected chi connectivity index (χ0v) is 15.0. The molecule has 0 spiro atoms. The van der Waals surface area contributed by atoms with Crippen molar-refractivity contribution >= 4 is 29.5 Å². The van der Waals surface area contributed by atoms with Crippen molar-refractivity contribution in [1.29, 1.82) is 0 Å². The number of para-hydroxylation sites is 1. The lowest BCUT2D eigenvalue weighted by Gasteiger charge is -2.10. The van der Waals surface area contributed by atoms with Crippen LogP contribution in [0.15, 0.2) is 29.3 Å². The molecule has 0 bridgehead atoms. The minimum absolute atomic E-state index is 0.280. The van der Waals surface area contributed by atoms with E-state index < -0.39 is 17.7 Å². The topological polar surface area (TPSA) is 117 Å². The Hall–Kier alpha value is -2.99. The fraction of sp³-hybridized carbons (Fsp3) is 0.444. The molecule has 26 heavy (non-hydrogen) atoms. The molecule has 0 saturated heterocycles. The summed E-state index contributed by atoms with van der Waals surface area (Å²) in [6, 6.07) is 6.21. The Labute approximate surface area is 152 Å². The minimum Gasteiger partial charge on any atom is -0.353 e. The Kier molecular flexibility index (Phi) is 9.35. The molecular weight excluding hydrogens is 336 g/mol. The number of carbonyl (C=O) groups is 3. The Bertz CT molecular complexity index is 684. The van der Waals surface area contributed by atoms with Crippen LogP contribution in [-0.2, 0) is 14.4 Å². The number of nitrogens with zero attached hydrogens (tertiary/aromatic N) is 1. The highest BCUT2D eigenvalue weighted by molar-refractivity contribution is 6.38. The molecule has 0 radical (unpaired) electrons. The summed E-state index contributed by atoms with van der Waals surface area (Å²) in [5.41, 5.74) is 1.73. The third-order valence-corrected chi connectivity index (χ3v) is 3.80. The molecule has 1 atom stereocenters. The molecule has 0 aromatic heterocycles. The van der Waals surface area contributed by atoms with Gasteiger partial charge >= 0.3 is 6.03 Å². The summed E-state index contributed by atoms with van der Waals surface area (Å²) in [5.74, 6) is -1.52. The summed E-state index contributed by atoms with van der Waals surface area (Å²) >= 11 is 0. The van der Waals surface area contributed by atoms with Crippen LogP contribution in [0.4, 0.5) is 10.5 Å². The second-order valence-corrected chi connectivity index (χ2v) is 5.72. The first-order chi connectivity index (χ1) is 12.5. The van der Waals surface area contributed by atoms with Crippen molar-refractivity contribution in [2.45, 2.75) is 38.6 Å². The molecule has 0 heterocycles. The molecule has 1 aromatic carbocycles. The van der Waals surface area contributed by atoms with E-state index in [-0.39, 0.29) is 12.5 Å². The van der Waals surface area contributed by atoms with Crippen molar-refractivity contribution in [3.63, 3.8) is 0 Å². The van der Waals surface area contributed by atoms with Gasteiger partial charge in [0.25, 0.3) is 5.91 Å². The van der Waals surface area contributed by atoms with Gasteiger partial charge in [0, 0.05) is 19.3 Å². The number of aryl methyl sites for hydroxylation is 1. The molecule has 140 valence electrons. The highest BCUT2D eigenvalue weighted by Gasteiger charge is 2.23. The normalized spacial score (nSPS) is 11.0. The van der Waals surface area contributed by atoms with Crippen molar-refractivity contribution in [1.82, 2.24) is 10.6 Å². The molecular formula is C18H24N4O4. The van der Waals surface area contributed by atoms with Crippen LogP contribution < -0.4 is 16.0 Å². The molecule has 1 rings (SSSR count). The lowest BCUT2D eigenvalue weighted by Crippen LogP contribution is -2.35. The Morgan fingerprint density at radius 3 is 2.54 bits per heavy atom. The Morgan fingerprint density at radius 1 is 1.15 bits per heavy atom. The van der Waals surface area contributed by atoms with Gasteiger partial charge < -0.3 is 16.0 Å². The number of urea groups is 1. The van der Waals surface area contributed by atoms with Crippen LogP contribution in [0, 0.1) is 6.92 Å². The van der Waals surface area contributed by atoms with E-state index in [0.29, 0.717) is 19.4 Å². The Balaban J connectivity index is 2.26. The Morgan fingerprint density at radius 2 is 1.88 bits per heavy atom. The van der Waals surface area contributed by atoms with E-state index in [2.05, 4.69) is 20.9 Å². The SMILES string of the molecule is CNC(=O)C(=O)C(CCCCCNC(=O)Nc1ccccc1C)N=C=O. The molecule has 1 aromatic rings. The molecule has 0 aliphatic heterocycles. The number of anilines is 1. The first-order valence-corrected chi connectivity index (χ1v) is 8.43. The lowest BCUT2D eigenvalue weighted by molar-refractivity contribution is -0.138. The van der Waals surface area contributed by atoms with E-state index >= 15 is 0 Å². The second kappa shape index (κ2) is 11.5. The van der Waals surface area contributed by atoms with E-state index in [1.807, 2.05) is 31.2 Å². The maximum absolute atomic E-state index is 11.8. The van der Waals surface area contributed by atoms with Gasteiger partial charge in [-0.2, -0.15) is 4.99 Å². The van der Waals surface area contributed by atoms with E-state index in [1.165, 1.54) is 13.1 Å². The summed E-state index contributed by atoms with van der Waals surface area (Å²) in [7, 11) is 1.34. The van der Waals surface area contributed by atoms with Gasteiger partial charge in [-0.25, -0.2) is 9.59 Å². The van der Waals surface area contributed by atoms with Crippen LogP contribution in [0.2, 0.25) is 0 Å². The smallest absolute Gasteiger partial charge is 0.319 e. The van der Waals surface area contributed by atoms with E-state index in [0.717, 1.165) is 17.7 Å². The fourth-order valence-electron chi connectivity index (χ4n) is 2.31. The van der Waals surface area contributed by atoms with Crippen molar-refractivity contribution in [2.75, 3.05) is 18.9 Å². The summed E-state index contributed by atoms with van der Waals surface area (Å²) in [6.45, 7) is 2.39. The number of Topliss-reactive ketones (excluding diaryl/α,β-unsaturated/α-hetero) is 1. The van der Waals surface area contributed by atoms with Crippen LogP contribution in [0.1, 0.15) is 31.2 Å². The van der Waals surface area contributed by atoms with Crippen LogP contribution in [-0.4, -0.2) is 43.4 Å². The van der Waals surface area contributed by atoms with Gasteiger partial charge in [0.1, 0.15) is 6.04 Å². The quantitative estimate of drug-likeness (QED) is 0.255. The van der Waals surface area contributed by atoms with Crippen LogP contribution >= 0.6 is 0 Å². The zero-order valence-electron chi connectivity index (χ0n) is 15.0. The summed E-state index contributed by atoms with van der Waals surface area (Å²) in [4.78, 5) is 48.6. The van der Waals surface area contributed by atoms with Gasteiger partial charge in [0.05, 0.1) is 0 Å². The number of hydrogen-bond acceptors (Lipinski definition) is 5. The number of benzene rings is 1. The molecule has 0 saturated carbocycles. The number of carbonyl (C=O) groups excluding carboxylic acids is 4. The molecule has 0 aliphatic rings.